The number of nitrogens with zero attached hydrogens (tertiary/aromatic N) is 1. The van der Waals surface area contributed by atoms with Crippen LogP contribution in [0.15, 0.2) is 53.0 Å². The summed E-state index contributed by atoms with van der Waals surface area (Å²) < 4.78 is 14.1. The van der Waals surface area contributed by atoms with Gasteiger partial charge in [0.05, 0.1) is 15.7 Å². The van der Waals surface area contributed by atoms with Crippen LogP contribution in [0.3, 0.4) is 0 Å². The minimum Gasteiger partial charge on any atom is -0.382 e. The highest BCUT2D eigenvalue weighted by Crippen LogP contribution is 2.38. The summed E-state index contributed by atoms with van der Waals surface area (Å²) in [6, 6.07) is 14.5. The van der Waals surface area contributed by atoms with Gasteiger partial charge in [0.2, 0.25) is 0 Å². The number of hydrogen-bond acceptors (Lipinski definition) is 2. The monoisotopic (exact) mass is 331 g/mol. The van der Waals surface area contributed by atoms with Gasteiger partial charge in [-0.1, -0.05) is 42.5 Å². The molecule has 0 aliphatic rings. The van der Waals surface area contributed by atoms with E-state index in [1.54, 1.807) is 6.07 Å². The summed E-state index contributed by atoms with van der Waals surface area (Å²) in [5, 5.41) is 6.93. The second kappa shape index (κ2) is 5.09. The molecule has 0 fully saturated rings. The van der Waals surface area contributed by atoms with Crippen molar-refractivity contribution >= 4 is 21.7 Å². The molecule has 3 nitrogen and oxygen atoms in total. The van der Waals surface area contributed by atoms with Crippen molar-refractivity contribution in [3.63, 3.8) is 0 Å². The van der Waals surface area contributed by atoms with E-state index in [2.05, 4.69) is 26.1 Å². The molecule has 1 heterocycles. The molecule has 0 atom stereocenters. The molecule has 2 aromatic carbocycles. The van der Waals surface area contributed by atoms with Crippen molar-refractivity contribution in [2.45, 2.75) is 0 Å². The van der Waals surface area contributed by atoms with Gasteiger partial charge in [0, 0.05) is 5.56 Å². The van der Waals surface area contributed by atoms with Gasteiger partial charge in [-0.25, -0.2) is 4.39 Å². The van der Waals surface area contributed by atoms with Crippen molar-refractivity contribution in [1.82, 2.24) is 10.2 Å². The minimum absolute atomic E-state index is 0.324. The van der Waals surface area contributed by atoms with Gasteiger partial charge < -0.3 is 5.73 Å². The van der Waals surface area contributed by atoms with Crippen LogP contribution in [0, 0.1) is 5.82 Å². The highest BCUT2D eigenvalue weighted by molar-refractivity contribution is 9.10. The van der Waals surface area contributed by atoms with E-state index in [1.165, 1.54) is 6.07 Å². The Kier molecular flexibility index (Phi) is 3.28. The van der Waals surface area contributed by atoms with Crippen molar-refractivity contribution in [3.8, 4) is 22.4 Å². The van der Waals surface area contributed by atoms with Crippen molar-refractivity contribution in [3.05, 3.63) is 58.8 Å². The number of hydrogen-bond donors (Lipinski definition) is 2. The molecule has 20 heavy (non-hydrogen) atoms. The fraction of sp³-hybridized carbons (Fsp3) is 0. The van der Waals surface area contributed by atoms with Gasteiger partial charge in [-0.05, 0) is 27.6 Å². The molecule has 3 rings (SSSR count). The van der Waals surface area contributed by atoms with Crippen molar-refractivity contribution < 1.29 is 4.39 Å². The number of anilines is 1. The first kappa shape index (κ1) is 12.9. The third kappa shape index (κ3) is 2.10. The molecule has 0 bridgehead atoms. The summed E-state index contributed by atoms with van der Waals surface area (Å²) in [7, 11) is 0. The molecule has 1 aromatic heterocycles. The molecular formula is C15H11BrFN3. The van der Waals surface area contributed by atoms with E-state index in [1.807, 2.05) is 36.4 Å². The molecule has 100 valence electrons. The molecule has 0 radical (unpaired) electrons. The summed E-state index contributed by atoms with van der Waals surface area (Å²) in [5.74, 6) is 0.0667. The Morgan fingerprint density at radius 3 is 2.55 bits per heavy atom. The first-order valence-corrected chi connectivity index (χ1v) is 6.81. The second-order valence-electron chi connectivity index (χ2n) is 4.33. The maximum atomic E-state index is 13.7. The van der Waals surface area contributed by atoms with Gasteiger partial charge in [-0.2, -0.15) is 5.10 Å². The smallest absolute Gasteiger partial charge is 0.153 e. The van der Waals surface area contributed by atoms with E-state index < -0.39 is 0 Å². The largest absolute Gasteiger partial charge is 0.382 e. The van der Waals surface area contributed by atoms with Gasteiger partial charge in [-0.15, -0.1) is 0 Å². The standard InChI is InChI=1S/C15H11BrFN3/c16-13-10(7-4-8-11(13)17)14-12(15(18)20-19-14)9-5-2-1-3-6-9/h1-8H,(H3,18,19,20). The van der Waals surface area contributed by atoms with Crippen LogP contribution in [0.25, 0.3) is 22.4 Å². The lowest BCUT2D eigenvalue weighted by Gasteiger charge is -2.07. The summed E-state index contributed by atoms with van der Waals surface area (Å²) in [5.41, 5.74) is 9.04. The van der Waals surface area contributed by atoms with Crippen LogP contribution in [0.1, 0.15) is 0 Å². The van der Waals surface area contributed by atoms with Crippen molar-refractivity contribution in [1.29, 1.82) is 0 Å². The summed E-state index contributed by atoms with van der Waals surface area (Å²) >= 11 is 3.27. The molecule has 0 saturated carbocycles. The topological polar surface area (TPSA) is 54.7 Å². The zero-order chi connectivity index (χ0) is 14.1. The fourth-order valence-corrected chi connectivity index (χ4v) is 2.61. The predicted octanol–water partition coefficient (Wildman–Crippen LogP) is 4.23. The fourth-order valence-electron chi connectivity index (χ4n) is 2.14. The number of H-pyrrole nitrogens is 1. The minimum atomic E-state index is -0.324. The van der Waals surface area contributed by atoms with Crippen LogP contribution in [-0.4, -0.2) is 10.2 Å². The Balaban J connectivity index is 2.24. The highest BCUT2D eigenvalue weighted by atomic mass is 79.9. The average molecular weight is 332 g/mol. The number of halogens is 2. The Morgan fingerprint density at radius 1 is 1.05 bits per heavy atom. The molecular weight excluding hydrogens is 321 g/mol. The number of nitrogens with two attached hydrogens (primary N) is 1. The predicted molar refractivity (Wildman–Crippen MR) is 81.5 cm³/mol. The van der Waals surface area contributed by atoms with Crippen LogP contribution in [0.4, 0.5) is 10.2 Å². The molecule has 3 N–H and O–H groups in total. The molecule has 0 aliphatic carbocycles. The van der Waals surface area contributed by atoms with Crippen LogP contribution in [0.5, 0.6) is 0 Å². The Bertz CT molecular complexity index is 753. The molecule has 0 spiro atoms. The number of nitrogen functional groups attached to an aromatic ring is 1. The van der Waals surface area contributed by atoms with Gasteiger partial charge in [0.25, 0.3) is 0 Å². The first-order valence-electron chi connectivity index (χ1n) is 6.02. The number of rotatable bonds is 2. The van der Waals surface area contributed by atoms with E-state index in [-0.39, 0.29) is 5.82 Å². The van der Waals surface area contributed by atoms with Gasteiger partial charge >= 0.3 is 0 Å². The molecule has 0 amide bonds. The highest BCUT2D eigenvalue weighted by Gasteiger charge is 2.17. The van der Waals surface area contributed by atoms with Gasteiger partial charge in [0.15, 0.2) is 5.82 Å². The summed E-state index contributed by atoms with van der Waals surface area (Å²) in [6.45, 7) is 0. The maximum Gasteiger partial charge on any atom is 0.153 e. The number of nitrogens with one attached hydrogen (secondary N) is 1. The lowest BCUT2D eigenvalue weighted by atomic mass is 10.0. The Morgan fingerprint density at radius 2 is 1.80 bits per heavy atom. The maximum absolute atomic E-state index is 13.7. The van der Waals surface area contributed by atoms with Crippen molar-refractivity contribution in [2.24, 2.45) is 0 Å². The number of benzene rings is 2. The van der Waals surface area contributed by atoms with Gasteiger partial charge in [-0.3, -0.25) is 5.10 Å². The molecule has 0 unspecified atom stereocenters. The van der Waals surface area contributed by atoms with Crippen molar-refractivity contribution in [2.75, 3.05) is 5.73 Å². The quantitative estimate of drug-likeness (QED) is 0.738. The third-order valence-corrected chi connectivity index (χ3v) is 3.88. The molecule has 3 aromatic rings. The lowest BCUT2D eigenvalue weighted by molar-refractivity contribution is 0.621. The van der Waals surface area contributed by atoms with E-state index in [4.69, 9.17) is 5.73 Å². The zero-order valence-corrected chi connectivity index (χ0v) is 12.0. The second-order valence-corrected chi connectivity index (χ2v) is 5.12. The van der Waals surface area contributed by atoms with Crippen LogP contribution >= 0.6 is 15.9 Å². The molecule has 5 heteroatoms. The first-order chi connectivity index (χ1) is 9.68. The molecule has 0 saturated heterocycles. The normalized spacial score (nSPS) is 10.7. The summed E-state index contributed by atoms with van der Waals surface area (Å²) in [4.78, 5) is 0. The summed E-state index contributed by atoms with van der Waals surface area (Å²) in [6.07, 6.45) is 0. The number of aromatic amines is 1. The van der Waals surface area contributed by atoms with E-state index in [0.29, 0.717) is 21.5 Å². The lowest BCUT2D eigenvalue weighted by Crippen LogP contribution is -1.90. The van der Waals surface area contributed by atoms with E-state index in [9.17, 15) is 4.39 Å². The van der Waals surface area contributed by atoms with E-state index >= 15 is 0 Å². The Hall–Kier alpha value is -2.14. The van der Waals surface area contributed by atoms with E-state index in [0.717, 1.165) is 11.1 Å². The zero-order valence-electron chi connectivity index (χ0n) is 10.4. The van der Waals surface area contributed by atoms with Gasteiger partial charge in [0.1, 0.15) is 5.82 Å². The van der Waals surface area contributed by atoms with Crippen LogP contribution in [-0.2, 0) is 0 Å². The molecule has 0 aliphatic heterocycles. The Labute approximate surface area is 123 Å². The van der Waals surface area contributed by atoms with Crippen LogP contribution in [0.2, 0.25) is 0 Å². The third-order valence-electron chi connectivity index (χ3n) is 3.08. The average Bonchev–Trinajstić information content (AvgIpc) is 2.84. The van der Waals surface area contributed by atoms with Crippen LogP contribution < -0.4 is 5.73 Å². The SMILES string of the molecule is Nc1n[nH]c(-c2cccc(F)c2Br)c1-c1ccccc1. The number of aromatic nitrogens is 2.